The van der Waals surface area contributed by atoms with Gasteiger partial charge in [0.2, 0.25) is 0 Å². The van der Waals surface area contributed by atoms with E-state index < -0.39 is 0 Å². The second-order valence-corrected chi connectivity index (χ2v) is 4.82. The molecular formula is C11H16N4S. The number of hydrogen-bond acceptors (Lipinski definition) is 4. The van der Waals surface area contributed by atoms with Crippen molar-refractivity contribution < 1.29 is 0 Å². The van der Waals surface area contributed by atoms with E-state index in [-0.39, 0.29) is 0 Å². The van der Waals surface area contributed by atoms with Gasteiger partial charge in [-0.05, 0) is 20.8 Å². The van der Waals surface area contributed by atoms with Crippen molar-refractivity contribution in [2.24, 2.45) is 0 Å². The number of thiazole rings is 1. The van der Waals surface area contributed by atoms with Crippen molar-refractivity contribution >= 4 is 16.5 Å². The fourth-order valence-electron chi connectivity index (χ4n) is 1.49. The zero-order chi connectivity index (χ0) is 11.5. The maximum atomic E-state index is 4.31. The third kappa shape index (κ3) is 2.24. The van der Waals surface area contributed by atoms with Crippen LogP contribution in [0.15, 0.2) is 12.5 Å². The standard InChI is InChI=1S/C11H16N4S/c1-4-12-11-13-5-10(16-11)6-15-7-14-8(2)9(15)3/h5,7H,4,6H2,1-3H3,(H,12,13). The summed E-state index contributed by atoms with van der Waals surface area (Å²) >= 11 is 1.70. The zero-order valence-electron chi connectivity index (χ0n) is 9.82. The Morgan fingerprint density at radius 2 is 2.19 bits per heavy atom. The summed E-state index contributed by atoms with van der Waals surface area (Å²) in [7, 11) is 0. The van der Waals surface area contributed by atoms with Crippen LogP contribution in [0, 0.1) is 13.8 Å². The van der Waals surface area contributed by atoms with Crippen molar-refractivity contribution in [2.75, 3.05) is 11.9 Å². The lowest BCUT2D eigenvalue weighted by atomic mass is 10.4. The molecule has 2 rings (SSSR count). The Morgan fingerprint density at radius 1 is 1.38 bits per heavy atom. The maximum absolute atomic E-state index is 4.31. The number of nitrogens with one attached hydrogen (secondary N) is 1. The highest BCUT2D eigenvalue weighted by molar-refractivity contribution is 7.15. The van der Waals surface area contributed by atoms with Gasteiger partial charge in [0.1, 0.15) is 0 Å². The molecule has 0 aliphatic carbocycles. The highest BCUT2D eigenvalue weighted by Gasteiger charge is 2.05. The first-order chi connectivity index (χ1) is 7.70. The summed E-state index contributed by atoms with van der Waals surface area (Å²) in [6, 6.07) is 0. The Bertz CT molecular complexity index is 472. The molecule has 0 bridgehead atoms. The van der Waals surface area contributed by atoms with Crippen LogP contribution in [0.4, 0.5) is 5.13 Å². The number of rotatable bonds is 4. The van der Waals surface area contributed by atoms with Crippen molar-refractivity contribution in [3.8, 4) is 0 Å². The second kappa shape index (κ2) is 4.65. The first-order valence-corrected chi connectivity index (χ1v) is 6.19. The molecule has 0 unspecified atom stereocenters. The lowest BCUT2D eigenvalue weighted by molar-refractivity contribution is 0.778. The number of anilines is 1. The molecular weight excluding hydrogens is 220 g/mol. The van der Waals surface area contributed by atoms with Crippen molar-refractivity contribution in [2.45, 2.75) is 27.3 Å². The van der Waals surface area contributed by atoms with Crippen molar-refractivity contribution in [3.63, 3.8) is 0 Å². The van der Waals surface area contributed by atoms with E-state index >= 15 is 0 Å². The Hall–Kier alpha value is -1.36. The summed E-state index contributed by atoms with van der Waals surface area (Å²) < 4.78 is 2.15. The van der Waals surface area contributed by atoms with Crippen molar-refractivity contribution in [3.05, 3.63) is 28.8 Å². The van der Waals surface area contributed by atoms with Gasteiger partial charge < -0.3 is 9.88 Å². The van der Waals surface area contributed by atoms with Gasteiger partial charge in [-0.3, -0.25) is 0 Å². The average Bonchev–Trinajstić information content (AvgIpc) is 2.82. The molecule has 0 saturated heterocycles. The number of aromatic nitrogens is 3. The van der Waals surface area contributed by atoms with Crippen LogP contribution in [-0.4, -0.2) is 21.1 Å². The van der Waals surface area contributed by atoms with Gasteiger partial charge in [0, 0.05) is 23.3 Å². The van der Waals surface area contributed by atoms with E-state index in [9.17, 15) is 0 Å². The molecule has 2 aromatic rings. The summed E-state index contributed by atoms with van der Waals surface area (Å²) in [6.45, 7) is 7.97. The minimum absolute atomic E-state index is 0.857. The van der Waals surface area contributed by atoms with Crippen LogP contribution in [0.5, 0.6) is 0 Å². The molecule has 16 heavy (non-hydrogen) atoms. The van der Waals surface area contributed by atoms with Crippen LogP contribution in [0.25, 0.3) is 0 Å². The van der Waals surface area contributed by atoms with Crippen LogP contribution < -0.4 is 5.32 Å². The largest absolute Gasteiger partial charge is 0.362 e. The molecule has 0 saturated carbocycles. The predicted octanol–water partition coefficient (Wildman–Crippen LogP) is 2.44. The number of hydrogen-bond donors (Lipinski definition) is 1. The van der Waals surface area contributed by atoms with Crippen LogP contribution in [0.2, 0.25) is 0 Å². The van der Waals surface area contributed by atoms with E-state index in [1.807, 2.05) is 19.4 Å². The zero-order valence-corrected chi connectivity index (χ0v) is 10.6. The molecule has 86 valence electrons. The van der Waals surface area contributed by atoms with Crippen molar-refractivity contribution in [1.29, 1.82) is 0 Å². The quantitative estimate of drug-likeness (QED) is 0.886. The second-order valence-electron chi connectivity index (χ2n) is 3.71. The summed E-state index contributed by atoms with van der Waals surface area (Å²) in [5.41, 5.74) is 2.31. The molecule has 0 aliphatic rings. The fourth-order valence-corrected chi connectivity index (χ4v) is 2.36. The van der Waals surface area contributed by atoms with Gasteiger partial charge in [0.05, 0.1) is 18.6 Å². The lowest BCUT2D eigenvalue weighted by Crippen LogP contribution is -1.98. The van der Waals surface area contributed by atoms with E-state index in [1.54, 1.807) is 11.3 Å². The first-order valence-electron chi connectivity index (χ1n) is 5.37. The van der Waals surface area contributed by atoms with Crippen LogP contribution in [0.3, 0.4) is 0 Å². The highest BCUT2D eigenvalue weighted by Crippen LogP contribution is 2.19. The van der Waals surface area contributed by atoms with Gasteiger partial charge in [-0.2, -0.15) is 0 Å². The molecule has 4 nitrogen and oxygen atoms in total. The average molecular weight is 236 g/mol. The first kappa shape index (κ1) is 11.1. The summed E-state index contributed by atoms with van der Waals surface area (Å²) in [5.74, 6) is 0. The van der Waals surface area contributed by atoms with Crippen LogP contribution in [0.1, 0.15) is 23.2 Å². The summed E-state index contributed by atoms with van der Waals surface area (Å²) in [6.07, 6.45) is 3.81. The molecule has 5 heteroatoms. The van der Waals surface area contributed by atoms with Gasteiger partial charge in [-0.25, -0.2) is 9.97 Å². The number of aryl methyl sites for hydroxylation is 1. The van der Waals surface area contributed by atoms with Gasteiger partial charge in [-0.1, -0.05) is 0 Å². The van der Waals surface area contributed by atoms with Crippen LogP contribution >= 0.6 is 11.3 Å². The SMILES string of the molecule is CCNc1ncc(Cn2cnc(C)c2C)s1. The van der Waals surface area contributed by atoms with Gasteiger partial charge in [0.15, 0.2) is 5.13 Å². The molecule has 0 atom stereocenters. The van der Waals surface area contributed by atoms with Gasteiger partial charge >= 0.3 is 0 Å². The van der Waals surface area contributed by atoms with Gasteiger partial charge in [0.25, 0.3) is 0 Å². The minimum atomic E-state index is 0.857. The smallest absolute Gasteiger partial charge is 0.182 e. The molecule has 2 aromatic heterocycles. The maximum Gasteiger partial charge on any atom is 0.182 e. The van der Waals surface area contributed by atoms with E-state index in [0.29, 0.717) is 0 Å². The van der Waals surface area contributed by atoms with E-state index in [0.717, 1.165) is 23.9 Å². The van der Waals surface area contributed by atoms with E-state index in [2.05, 4.69) is 33.7 Å². The molecule has 0 fully saturated rings. The Morgan fingerprint density at radius 3 is 2.81 bits per heavy atom. The lowest BCUT2D eigenvalue weighted by Gasteiger charge is -2.02. The van der Waals surface area contributed by atoms with E-state index in [1.165, 1.54) is 10.6 Å². The summed E-state index contributed by atoms with van der Waals surface area (Å²) in [4.78, 5) is 9.85. The Kier molecular flexibility index (Phi) is 3.24. The third-order valence-electron chi connectivity index (χ3n) is 2.55. The Labute approximate surface area is 99.4 Å². The van der Waals surface area contributed by atoms with E-state index in [4.69, 9.17) is 0 Å². The Balaban J connectivity index is 2.11. The molecule has 0 radical (unpaired) electrons. The molecule has 1 N–H and O–H groups in total. The fraction of sp³-hybridized carbons (Fsp3) is 0.455. The monoisotopic (exact) mass is 236 g/mol. The van der Waals surface area contributed by atoms with Crippen molar-refractivity contribution in [1.82, 2.24) is 14.5 Å². The topological polar surface area (TPSA) is 42.7 Å². The number of nitrogens with zero attached hydrogens (tertiary/aromatic N) is 3. The summed E-state index contributed by atoms with van der Waals surface area (Å²) in [5, 5.41) is 4.21. The minimum Gasteiger partial charge on any atom is -0.362 e. The predicted molar refractivity (Wildman–Crippen MR) is 67.1 cm³/mol. The molecule has 0 aromatic carbocycles. The molecule has 0 spiro atoms. The molecule has 0 aliphatic heterocycles. The highest BCUT2D eigenvalue weighted by atomic mass is 32.1. The number of imidazole rings is 1. The van der Waals surface area contributed by atoms with Crippen LogP contribution in [-0.2, 0) is 6.54 Å². The molecule has 0 amide bonds. The molecule has 2 heterocycles. The normalized spacial score (nSPS) is 10.7. The third-order valence-corrected chi connectivity index (χ3v) is 3.49. The van der Waals surface area contributed by atoms with Gasteiger partial charge in [-0.15, -0.1) is 11.3 Å².